The van der Waals surface area contributed by atoms with E-state index in [0.29, 0.717) is 11.5 Å². The number of fused-ring (bicyclic) bond motifs is 22. The minimum Gasteiger partial charge on any atom is -0.510 e. The summed E-state index contributed by atoms with van der Waals surface area (Å²) >= 11 is 0. The van der Waals surface area contributed by atoms with Gasteiger partial charge in [0.25, 0.3) is 6.33 Å². The van der Waals surface area contributed by atoms with E-state index in [2.05, 4.69) is 324 Å². The molecule has 462 valence electrons. The van der Waals surface area contributed by atoms with E-state index in [9.17, 15) is 0 Å². The molecule has 0 aliphatic heterocycles. The SMILES string of the molecule is CC(C)(C)c1ccnc(-n2c3[c-]c(Oc4[c-]c(-n5[c-][n+](-c6cc7cc(c6)c6cc(C(C)(C)C)cc(c6)c6cc(C(C)(C)C)cc(c6)c6cccc(c6)c6cc(C(C)(C)C)cc(c6)c6cc(C(C)(C)C)cc7c6)c6ccccc65)ccc4)ccc3c3ccccc32)c1.[Pt]. The summed E-state index contributed by atoms with van der Waals surface area (Å²) in [5.41, 5.74) is 11.5. The molecule has 14 aromatic rings. The van der Waals surface area contributed by atoms with Gasteiger partial charge in [-0.25, -0.2) is 4.98 Å². The summed E-state index contributed by atoms with van der Waals surface area (Å²) in [6, 6.07) is 84.4. The Morgan fingerprint density at radius 1 is 0.359 bits per heavy atom. The summed E-state index contributed by atoms with van der Waals surface area (Å²) in [5.74, 6) is 1.99. The van der Waals surface area contributed by atoms with Crippen molar-refractivity contribution in [3.8, 4) is 28.7 Å². The van der Waals surface area contributed by atoms with Gasteiger partial charge in [-0.3, -0.25) is 4.57 Å². The summed E-state index contributed by atoms with van der Waals surface area (Å²) < 4.78 is 13.3. The molecule has 92 heavy (non-hydrogen) atoms. The molecular weight excluding hydrogens is 1300 g/mol. The smallest absolute Gasteiger partial charge is 0.268 e. The molecular formula is C86H80N4OPt-2. The molecule has 0 saturated heterocycles. The van der Waals surface area contributed by atoms with Gasteiger partial charge < -0.3 is 13.9 Å². The van der Waals surface area contributed by atoms with Crippen LogP contribution in [0.4, 0.5) is 0 Å². The maximum absolute atomic E-state index is 6.80. The third kappa shape index (κ3) is 11.8. The predicted molar refractivity (Wildman–Crippen MR) is 385 cm³/mol. The average molecular weight is 1380 g/mol. The molecule has 3 aromatic heterocycles. The van der Waals surface area contributed by atoms with Crippen LogP contribution in [-0.4, -0.2) is 14.1 Å². The van der Waals surface area contributed by atoms with E-state index in [4.69, 9.17) is 9.72 Å². The zero-order valence-corrected chi connectivity index (χ0v) is 58.0. The summed E-state index contributed by atoms with van der Waals surface area (Å²) in [6.45, 7) is 34.7. The Bertz CT molecular complexity index is 5230. The van der Waals surface area contributed by atoms with Crippen molar-refractivity contribution in [3.05, 3.63) is 259 Å². The van der Waals surface area contributed by atoms with Gasteiger partial charge in [0, 0.05) is 44.3 Å². The topological polar surface area (TPSA) is 35.9 Å². The Labute approximate surface area is 556 Å². The normalized spacial score (nSPS) is 12.6. The molecule has 0 aliphatic carbocycles. The van der Waals surface area contributed by atoms with Crippen LogP contribution >= 0.6 is 0 Å². The first kappa shape index (κ1) is 61.9. The van der Waals surface area contributed by atoms with Gasteiger partial charge in [-0.2, -0.15) is 18.2 Å². The maximum Gasteiger partial charge on any atom is 0.268 e. The van der Waals surface area contributed by atoms with Crippen molar-refractivity contribution < 1.29 is 30.4 Å². The Morgan fingerprint density at radius 3 is 1.28 bits per heavy atom. The van der Waals surface area contributed by atoms with Gasteiger partial charge in [-0.15, -0.1) is 29.7 Å². The van der Waals surface area contributed by atoms with Gasteiger partial charge in [0.1, 0.15) is 5.82 Å². The van der Waals surface area contributed by atoms with E-state index in [1.807, 2.05) is 24.4 Å². The summed E-state index contributed by atoms with van der Waals surface area (Å²) in [7, 11) is 0. The average Bonchev–Trinajstić information content (AvgIpc) is 1.49. The number of hydrogen-bond donors (Lipinski definition) is 0. The van der Waals surface area contributed by atoms with E-state index in [1.54, 1.807) is 0 Å². The van der Waals surface area contributed by atoms with Crippen LogP contribution in [-0.2, 0) is 48.1 Å². The Balaban J connectivity index is 0.00000773. The van der Waals surface area contributed by atoms with Crippen LogP contribution in [0.25, 0.3) is 115 Å². The molecule has 6 heteroatoms. The molecule has 0 atom stereocenters. The molecule has 0 radical (unpaired) electrons. The Kier molecular flexibility index (Phi) is 15.3. The van der Waals surface area contributed by atoms with Crippen molar-refractivity contribution in [1.29, 1.82) is 0 Å². The number of hydrogen-bond acceptors (Lipinski definition) is 2. The summed E-state index contributed by atoms with van der Waals surface area (Å²) in [4.78, 5) is 4.92. The van der Waals surface area contributed by atoms with E-state index in [1.165, 1.54) is 70.9 Å². The van der Waals surface area contributed by atoms with Crippen LogP contribution in [0.3, 0.4) is 0 Å². The van der Waals surface area contributed by atoms with Gasteiger partial charge in [-0.05, 0) is 197 Å². The fourth-order valence-corrected chi connectivity index (χ4v) is 12.9. The third-order valence-electron chi connectivity index (χ3n) is 18.4. The molecule has 14 rings (SSSR count). The van der Waals surface area contributed by atoms with Crippen molar-refractivity contribution in [2.75, 3.05) is 0 Å². The van der Waals surface area contributed by atoms with Crippen LogP contribution in [0.5, 0.6) is 11.5 Å². The van der Waals surface area contributed by atoms with Crippen molar-refractivity contribution in [3.63, 3.8) is 0 Å². The van der Waals surface area contributed by atoms with E-state index in [0.717, 1.165) is 71.6 Å². The molecule has 0 aliphatic rings. The second kappa shape index (κ2) is 22.7. The number of para-hydroxylation sites is 3. The van der Waals surface area contributed by atoms with Crippen molar-refractivity contribution in [1.82, 2.24) is 14.1 Å². The molecule has 5 nitrogen and oxygen atoms in total. The molecule has 0 N–H and O–H groups in total. The van der Waals surface area contributed by atoms with Crippen LogP contribution in [0.2, 0.25) is 0 Å². The molecule has 0 amide bonds. The van der Waals surface area contributed by atoms with E-state index < -0.39 is 0 Å². The number of ether oxygens (including phenoxy) is 1. The van der Waals surface area contributed by atoms with Crippen LogP contribution in [0.1, 0.15) is 132 Å². The molecule has 0 saturated carbocycles. The van der Waals surface area contributed by atoms with E-state index >= 15 is 0 Å². The zero-order valence-electron chi connectivity index (χ0n) is 55.7. The first-order valence-electron chi connectivity index (χ1n) is 32.1. The van der Waals surface area contributed by atoms with Crippen molar-refractivity contribution in [2.45, 2.75) is 131 Å². The predicted octanol–water partition coefficient (Wildman–Crippen LogP) is 22.7. The molecule has 3 heterocycles. The number of benzene rings is 10. The third-order valence-corrected chi connectivity index (χ3v) is 18.4. The Hall–Kier alpha value is -8.89. The minimum absolute atomic E-state index is 0. The van der Waals surface area contributed by atoms with Gasteiger partial charge >= 0.3 is 0 Å². The van der Waals surface area contributed by atoms with Gasteiger partial charge in [-0.1, -0.05) is 219 Å². The molecule has 11 aromatic carbocycles. The standard InChI is InChI=1S/C86H80N4O.Pt/c1-82(2,3)66-32-33-87-81(50-66)90-77-27-17-16-26-75(77)76-31-30-74(52-80(76)90)91-73-25-21-24-71(51-73)88-53-89(79-29-19-18-28-78(79)88)72-48-64-39-65(49-72)63-38-61(45-70(47-63)86(13,14)15)59-36-57(41-68(43-59)84(7,8)9)55-23-20-22-54(34-55)56-35-58(42-67(40-56)83(4,5)6)60-37-62(64)46-69(44-60)85(10,11)12;/h16-50H,1-15H3;/q-2;. The fraction of sp³-hybridized carbons (Fsp3) is 0.233. The quantitative estimate of drug-likeness (QED) is 0.127. The van der Waals surface area contributed by atoms with Gasteiger partial charge in [0.2, 0.25) is 0 Å². The maximum atomic E-state index is 6.80. The monoisotopic (exact) mass is 1380 g/mol. The van der Waals surface area contributed by atoms with Crippen molar-refractivity contribution in [2.24, 2.45) is 0 Å². The molecule has 0 unspecified atom stereocenters. The first-order chi connectivity index (χ1) is 43.2. The largest absolute Gasteiger partial charge is 0.510 e. The van der Waals surface area contributed by atoms with Crippen LogP contribution in [0.15, 0.2) is 212 Å². The number of pyridine rings is 1. The number of aromatic nitrogens is 4. The second-order valence-electron chi connectivity index (χ2n) is 30.4. The van der Waals surface area contributed by atoms with Gasteiger partial charge in [0.15, 0.2) is 0 Å². The zero-order chi connectivity index (χ0) is 63.7. The van der Waals surface area contributed by atoms with Crippen LogP contribution in [0, 0.1) is 18.5 Å². The number of rotatable bonds is 5. The molecule has 12 bridgehead atoms. The van der Waals surface area contributed by atoms with Crippen molar-refractivity contribution >= 4 is 97.5 Å². The first-order valence-corrected chi connectivity index (χ1v) is 32.1. The molecule has 0 fully saturated rings. The van der Waals surface area contributed by atoms with Crippen LogP contribution < -0.4 is 9.30 Å². The van der Waals surface area contributed by atoms with E-state index in [-0.39, 0.29) is 48.1 Å². The minimum atomic E-state index is -0.152. The fourth-order valence-electron chi connectivity index (χ4n) is 12.9. The molecule has 0 spiro atoms. The summed E-state index contributed by atoms with van der Waals surface area (Å²) in [5, 5.41) is 16.3. The summed E-state index contributed by atoms with van der Waals surface area (Å²) in [6.07, 6.45) is 5.80. The number of imidazole rings is 1. The Morgan fingerprint density at radius 2 is 0.783 bits per heavy atom. The van der Waals surface area contributed by atoms with Gasteiger partial charge in [0.05, 0.1) is 16.7 Å². The second-order valence-corrected chi connectivity index (χ2v) is 30.4. The number of nitrogens with zero attached hydrogens (tertiary/aromatic N) is 4.